The maximum atomic E-state index is 5.91. The highest BCUT2D eigenvalue weighted by Gasteiger charge is 2.33. The Morgan fingerprint density at radius 2 is 2.29 bits per heavy atom. The number of halogens is 1. The number of aromatic nitrogens is 4. The van der Waals surface area contributed by atoms with Gasteiger partial charge in [0.05, 0.1) is 11.6 Å². The van der Waals surface area contributed by atoms with E-state index >= 15 is 0 Å². The molecule has 1 N–H and O–H groups in total. The fourth-order valence-electron chi connectivity index (χ4n) is 2.18. The second kappa shape index (κ2) is 3.84. The van der Waals surface area contributed by atoms with Crippen molar-refractivity contribution in [1.29, 1.82) is 0 Å². The van der Waals surface area contributed by atoms with Crippen molar-refractivity contribution in [2.45, 2.75) is 13.3 Å². The van der Waals surface area contributed by atoms with Crippen LogP contribution in [-0.2, 0) is 0 Å². The first-order valence-electron chi connectivity index (χ1n) is 5.73. The molecular weight excluding hydrogens is 238 g/mol. The second-order valence-electron chi connectivity index (χ2n) is 4.80. The molecule has 0 spiro atoms. The summed E-state index contributed by atoms with van der Waals surface area (Å²) in [7, 11) is 2.04. The molecule has 90 valence electrons. The van der Waals surface area contributed by atoms with Crippen molar-refractivity contribution in [3.05, 3.63) is 11.5 Å². The summed E-state index contributed by atoms with van der Waals surface area (Å²) >= 11 is 5.91. The van der Waals surface area contributed by atoms with E-state index < -0.39 is 0 Å². The molecule has 1 aliphatic carbocycles. The quantitative estimate of drug-likeness (QED) is 0.849. The van der Waals surface area contributed by atoms with Crippen molar-refractivity contribution >= 4 is 28.5 Å². The lowest BCUT2D eigenvalue weighted by Gasteiger charge is -2.18. The lowest BCUT2D eigenvalue weighted by molar-refractivity contribution is 0.721. The topological polar surface area (TPSA) is 57.7 Å². The van der Waals surface area contributed by atoms with Crippen LogP contribution in [0, 0.1) is 11.8 Å². The highest BCUT2D eigenvalue weighted by molar-refractivity contribution is 6.28. The standard InChI is InChI=1S/C11H14ClN5/c1-6-3-7(6)5-17(2)10-8-4-13-16-9(8)14-11(12)15-10/h4,6-7H,3,5H2,1-2H3,(H,13,14,15,16). The normalized spacial score (nSPS) is 23.0. The van der Waals surface area contributed by atoms with Crippen molar-refractivity contribution in [3.63, 3.8) is 0 Å². The van der Waals surface area contributed by atoms with Gasteiger partial charge < -0.3 is 4.90 Å². The second-order valence-corrected chi connectivity index (χ2v) is 5.14. The van der Waals surface area contributed by atoms with E-state index in [2.05, 4.69) is 32.0 Å². The number of hydrogen-bond acceptors (Lipinski definition) is 4. The van der Waals surface area contributed by atoms with Gasteiger partial charge in [-0.1, -0.05) is 6.92 Å². The Morgan fingerprint density at radius 3 is 3.00 bits per heavy atom. The predicted molar refractivity (Wildman–Crippen MR) is 67.2 cm³/mol. The molecule has 2 aromatic heterocycles. The molecule has 1 fully saturated rings. The minimum atomic E-state index is 0.257. The molecule has 3 rings (SSSR count). The van der Waals surface area contributed by atoms with Crippen molar-refractivity contribution in [3.8, 4) is 0 Å². The number of nitrogens with zero attached hydrogens (tertiary/aromatic N) is 4. The maximum Gasteiger partial charge on any atom is 0.226 e. The third-order valence-electron chi connectivity index (χ3n) is 3.41. The predicted octanol–water partition coefficient (Wildman–Crippen LogP) is 2.10. The Labute approximate surface area is 104 Å². The van der Waals surface area contributed by atoms with Crippen LogP contribution < -0.4 is 4.90 Å². The summed E-state index contributed by atoms with van der Waals surface area (Å²) in [5.74, 6) is 2.46. The maximum absolute atomic E-state index is 5.91. The minimum Gasteiger partial charge on any atom is -0.359 e. The van der Waals surface area contributed by atoms with Gasteiger partial charge in [-0.25, -0.2) is 0 Å². The zero-order valence-electron chi connectivity index (χ0n) is 9.81. The molecule has 1 aliphatic rings. The molecule has 17 heavy (non-hydrogen) atoms. The first kappa shape index (κ1) is 10.8. The van der Waals surface area contributed by atoms with E-state index in [-0.39, 0.29) is 5.28 Å². The van der Waals surface area contributed by atoms with Gasteiger partial charge in [-0.15, -0.1) is 0 Å². The summed E-state index contributed by atoms with van der Waals surface area (Å²) in [5, 5.41) is 7.98. The van der Waals surface area contributed by atoms with Gasteiger partial charge in [-0.2, -0.15) is 15.1 Å². The van der Waals surface area contributed by atoms with Crippen LogP contribution >= 0.6 is 11.6 Å². The molecule has 1 saturated carbocycles. The minimum absolute atomic E-state index is 0.257. The SMILES string of the molecule is CC1CC1CN(C)c1nc(Cl)nc2[nH]ncc12. The Bertz CT molecular complexity index is 552. The molecule has 0 amide bonds. The van der Waals surface area contributed by atoms with Crippen molar-refractivity contribution in [1.82, 2.24) is 20.2 Å². The number of anilines is 1. The molecule has 2 unspecified atom stereocenters. The van der Waals surface area contributed by atoms with Crippen LogP contribution in [-0.4, -0.2) is 33.8 Å². The Hall–Kier alpha value is -1.36. The fourth-order valence-corrected chi connectivity index (χ4v) is 2.34. The van der Waals surface area contributed by atoms with Crippen LogP contribution in [0.5, 0.6) is 0 Å². The van der Waals surface area contributed by atoms with Gasteiger partial charge in [0.1, 0.15) is 5.82 Å². The number of fused-ring (bicyclic) bond motifs is 1. The van der Waals surface area contributed by atoms with Crippen LogP contribution in [0.3, 0.4) is 0 Å². The molecule has 0 saturated heterocycles. The van der Waals surface area contributed by atoms with Gasteiger partial charge in [0, 0.05) is 13.6 Å². The average Bonchev–Trinajstić information content (AvgIpc) is 2.78. The van der Waals surface area contributed by atoms with Gasteiger partial charge in [-0.3, -0.25) is 5.10 Å². The number of aromatic amines is 1. The van der Waals surface area contributed by atoms with Crippen LogP contribution in [0.2, 0.25) is 5.28 Å². The molecule has 0 radical (unpaired) electrons. The summed E-state index contributed by atoms with van der Waals surface area (Å²) in [4.78, 5) is 10.5. The Kier molecular flexibility index (Phi) is 2.43. The molecule has 0 aromatic carbocycles. The van der Waals surface area contributed by atoms with Gasteiger partial charge in [-0.05, 0) is 29.9 Å². The van der Waals surface area contributed by atoms with Gasteiger partial charge in [0.2, 0.25) is 5.28 Å². The molecule has 2 atom stereocenters. The summed E-state index contributed by atoms with van der Waals surface area (Å²) in [5.41, 5.74) is 0.690. The van der Waals surface area contributed by atoms with Crippen LogP contribution in [0.1, 0.15) is 13.3 Å². The van der Waals surface area contributed by atoms with E-state index in [4.69, 9.17) is 11.6 Å². The first-order chi connectivity index (χ1) is 8.15. The van der Waals surface area contributed by atoms with E-state index in [1.54, 1.807) is 6.20 Å². The number of hydrogen-bond donors (Lipinski definition) is 1. The largest absolute Gasteiger partial charge is 0.359 e. The van der Waals surface area contributed by atoms with Crippen LogP contribution in [0.15, 0.2) is 6.20 Å². The van der Waals surface area contributed by atoms with Gasteiger partial charge in [0.15, 0.2) is 5.65 Å². The van der Waals surface area contributed by atoms with Crippen molar-refractivity contribution in [2.75, 3.05) is 18.5 Å². The first-order valence-corrected chi connectivity index (χ1v) is 6.10. The summed E-state index contributed by atoms with van der Waals surface area (Å²) < 4.78 is 0. The molecular formula is C11H14ClN5. The molecule has 6 heteroatoms. The third-order valence-corrected chi connectivity index (χ3v) is 3.58. The van der Waals surface area contributed by atoms with Crippen LogP contribution in [0.4, 0.5) is 5.82 Å². The highest BCUT2D eigenvalue weighted by atomic mass is 35.5. The fraction of sp³-hybridized carbons (Fsp3) is 0.545. The van der Waals surface area contributed by atoms with E-state index in [9.17, 15) is 0 Å². The van der Waals surface area contributed by atoms with Gasteiger partial charge >= 0.3 is 0 Å². The third kappa shape index (κ3) is 1.95. The monoisotopic (exact) mass is 251 g/mol. The molecule has 2 heterocycles. The molecule has 0 aliphatic heterocycles. The summed E-state index contributed by atoms with van der Waals surface area (Å²) in [6.45, 7) is 3.29. The number of nitrogens with one attached hydrogen (secondary N) is 1. The summed E-state index contributed by atoms with van der Waals surface area (Å²) in [6, 6.07) is 0. The van der Waals surface area contributed by atoms with E-state index in [0.29, 0.717) is 5.65 Å². The number of H-pyrrole nitrogens is 1. The zero-order valence-corrected chi connectivity index (χ0v) is 10.6. The van der Waals surface area contributed by atoms with E-state index in [1.165, 1.54) is 6.42 Å². The van der Waals surface area contributed by atoms with E-state index in [0.717, 1.165) is 29.6 Å². The van der Waals surface area contributed by atoms with Crippen molar-refractivity contribution in [2.24, 2.45) is 11.8 Å². The van der Waals surface area contributed by atoms with Gasteiger partial charge in [0.25, 0.3) is 0 Å². The smallest absolute Gasteiger partial charge is 0.226 e. The Morgan fingerprint density at radius 1 is 1.53 bits per heavy atom. The summed E-state index contributed by atoms with van der Waals surface area (Å²) in [6.07, 6.45) is 3.05. The van der Waals surface area contributed by atoms with Crippen molar-refractivity contribution < 1.29 is 0 Å². The van der Waals surface area contributed by atoms with E-state index in [1.807, 2.05) is 7.05 Å². The zero-order chi connectivity index (χ0) is 12.0. The lowest BCUT2D eigenvalue weighted by Crippen LogP contribution is -2.22. The van der Waals surface area contributed by atoms with Crippen LogP contribution in [0.25, 0.3) is 11.0 Å². The molecule has 2 aromatic rings. The Balaban J connectivity index is 1.94. The number of rotatable bonds is 3. The highest BCUT2D eigenvalue weighted by Crippen LogP contribution is 2.39. The average molecular weight is 252 g/mol. The molecule has 0 bridgehead atoms. The lowest BCUT2D eigenvalue weighted by atomic mass is 10.3. The molecule has 5 nitrogen and oxygen atoms in total.